The summed E-state index contributed by atoms with van der Waals surface area (Å²) < 4.78 is 0. The van der Waals surface area contributed by atoms with E-state index in [1.807, 2.05) is 0 Å². The highest BCUT2D eigenvalue weighted by Crippen LogP contribution is 2.32. The fourth-order valence-electron chi connectivity index (χ4n) is 2.73. The molecule has 1 aliphatic carbocycles. The molecular formula is C19H22N2OS2. The average molecular weight is 359 g/mol. The SMILES string of the molecule is C=CCN(C(=O)CSc1ccc(C)cc1)c1nc2c(s1)CCCC2. The van der Waals surface area contributed by atoms with Gasteiger partial charge in [-0.15, -0.1) is 29.7 Å². The van der Waals surface area contributed by atoms with Crippen molar-refractivity contribution in [2.24, 2.45) is 0 Å². The number of benzene rings is 1. The number of hydrogen-bond acceptors (Lipinski definition) is 4. The molecule has 1 heterocycles. The lowest BCUT2D eigenvalue weighted by Gasteiger charge is -2.17. The van der Waals surface area contributed by atoms with Gasteiger partial charge in [-0.3, -0.25) is 9.69 Å². The Morgan fingerprint density at radius 2 is 2.08 bits per heavy atom. The summed E-state index contributed by atoms with van der Waals surface area (Å²) in [5.74, 6) is 0.507. The van der Waals surface area contributed by atoms with Crippen LogP contribution in [-0.4, -0.2) is 23.2 Å². The van der Waals surface area contributed by atoms with Crippen molar-refractivity contribution in [3.05, 3.63) is 53.1 Å². The molecule has 0 atom stereocenters. The van der Waals surface area contributed by atoms with Crippen molar-refractivity contribution in [3.63, 3.8) is 0 Å². The highest BCUT2D eigenvalue weighted by atomic mass is 32.2. The van der Waals surface area contributed by atoms with E-state index in [0.29, 0.717) is 12.3 Å². The predicted molar refractivity (Wildman–Crippen MR) is 103 cm³/mol. The second-order valence-electron chi connectivity index (χ2n) is 5.97. The lowest BCUT2D eigenvalue weighted by Crippen LogP contribution is -2.32. The van der Waals surface area contributed by atoms with Crippen molar-refractivity contribution in [2.75, 3.05) is 17.2 Å². The first-order valence-electron chi connectivity index (χ1n) is 8.26. The van der Waals surface area contributed by atoms with Gasteiger partial charge in [0.05, 0.1) is 11.4 Å². The summed E-state index contributed by atoms with van der Waals surface area (Å²) >= 11 is 3.24. The number of nitrogens with zero attached hydrogens (tertiary/aromatic N) is 2. The summed E-state index contributed by atoms with van der Waals surface area (Å²) in [6, 6.07) is 8.27. The zero-order chi connectivity index (χ0) is 16.9. The van der Waals surface area contributed by atoms with Crippen molar-refractivity contribution < 1.29 is 4.79 Å². The molecule has 0 spiro atoms. The third-order valence-corrected chi connectivity index (χ3v) is 6.24. The van der Waals surface area contributed by atoms with Crippen LogP contribution in [0.4, 0.5) is 5.13 Å². The van der Waals surface area contributed by atoms with Crippen molar-refractivity contribution >= 4 is 34.1 Å². The average Bonchev–Trinajstić information content (AvgIpc) is 3.02. The maximum Gasteiger partial charge on any atom is 0.239 e. The second-order valence-corrected chi connectivity index (χ2v) is 8.08. The lowest BCUT2D eigenvalue weighted by molar-refractivity contribution is -0.116. The normalized spacial score (nSPS) is 13.4. The Morgan fingerprint density at radius 1 is 1.33 bits per heavy atom. The molecule has 1 aliphatic rings. The van der Waals surface area contributed by atoms with E-state index in [4.69, 9.17) is 4.98 Å². The van der Waals surface area contributed by atoms with E-state index in [-0.39, 0.29) is 5.91 Å². The molecule has 0 unspecified atom stereocenters. The fourth-order valence-corrected chi connectivity index (χ4v) is 4.68. The van der Waals surface area contributed by atoms with Crippen LogP contribution in [0.1, 0.15) is 29.0 Å². The van der Waals surface area contributed by atoms with Crippen LogP contribution in [0.5, 0.6) is 0 Å². The minimum atomic E-state index is 0.0894. The molecule has 0 saturated heterocycles. The van der Waals surface area contributed by atoms with Crippen LogP contribution in [0.15, 0.2) is 41.8 Å². The molecule has 1 aromatic heterocycles. The zero-order valence-corrected chi connectivity index (χ0v) is 15.6. The summed E-state index contributed by atoms with van der Waals surface area (Å²) in [6.45, 7) is 6.37. The quantitative estimate of drug-likeness (QED) is 0.557. The third-order valence-electron chi connectivity index (χ3n) is 4.06. The van der Waals surface area contributed by atoms with E-state index in [1.165, 1.54) is 29.0 Å². The molecule has 1 amide bonds. The van der Waals surface area contributed by atoms with Gasteiger partial charge in [0.2, 0.25) is 5.91 Å². The minimum Gasteiger partial charge on any atom is -0.284 e. The smallest absolute Gasteiger partial charge is 0.239 e. The van der Waals surface area contributed by atoms with Crippen LogP contribution in [0.25, 0.3) is 0 Å². The molecule has 24 heavy (non-hydrogen) atoms. The topological polar surface area (TPSA) is 33.2 Å². The number of anilines is 1. The summed E-state index contributed by atoms with van der Waals surface area (Å²) in [5.41, 5.74) is 2.42. The lowest BCUT2D eigenvalue weighted by atomic mass is 10.0. The van der Waals surface area contributed by atoms with Crippen LogP contribution in [-0.2, 0) is 17.6 Å². The Hall–Kier alpha value is -1.59. The summed E-state index contributed by atoms with van der Waals surface area (Å²) in [4.78, 5) is 21.7. The Balaban J connectivity index is 1.70. The van der Waals surface area contributed by atoms with Gasteiger partial charge in [0.25, 0.3) is 0 Å². The molecule has 2 aromatic rings. The largest absolute Gasteiger partial charge is 0.284 e. The van der Waals surface area contributed by atoms with Gasteiger partial charge < -0.3 is 0 Å². The molecule has 0 fully saturated rings. The number of aryl methyl sites for hydroxylation is 3. The Labute approximate surface area is 151 Å². The molecule has 126 valence electrons. The van der Waals surface area contributed by atoms with Crippen LogP contribution in [0.2, 0.25) is 0 Å². The highest BCUT2D eigenvalue weighted by molar-refractivity contribution is 8.00. The number of aromatic nitrogens is 1. The predicted octanol–water partition coefficient (Wildman–Crippen LogP) is 4.64. The Morgan fingerprint density at radius 3 is 2.79 bits per heavy atom. The van der Waals surface area contributed by atoms with Crippen LogP contribution in [0, 0.1) is 6.92 Å². The first-order chi connectivity index (χ1) is 11.7. The van der Waals surface area contributed by atoms with Gasteiger partial charge in [-0.1, -0.05) is 23.8 Å². The molecule has 5 heteroatoms. The van der Waals surface area contributed by atoms with E-state index < -0.39 is 0 Å². The number of hydrogen-bond donors (Lipinski definition) is 0. The fraction of sp³-hybridized carbons (Fsp3) is 0.368. The van der Waals surface area contributed by atoms with Gasteiger partial charge in [-0.05, 0) is 44.7 Å². The van der Waals surface area contributed by atoms with E-state index >= 15 is 0 Å². The summed E-state index contributed by atoms with van der Waals surface area (Å²) in [5, 5.41) is 0.830. The molecule has 0 N–H and O–H groups in total. The molecule has 3 nitrogen and oxygen atoms in total. The molecule has 1 aromatic carbocycles. The highest BCUT2D eigenvalue weighted by Gasteiger charge is 2.22. The number of amides is 1. The monoisotopic (exact) mass is 358 g/mol. The molecule has 0 aliphatic heterocycles. The first kappa shape index (κ1) is 17.2. The minimum absolute atomic E-state index is 0.0894. The van der Waals surface area contributed by atoms with Gasteiger partial charge >= 0.3 is 0 Å². The van der Waals surface area contributed by atoms with E-state index in [2.05, 4.69) is 37.8 Å². The van der Waals surface area contributed by atoms with Gasteiger partial charge in [-0.25, -0.2) is 4.98 Å². The van der Waals surface area contributed by atoms with Crippen molar-refractivity contribution in [1.29, 1.82) is 0 Å². The Bertz CT molecular complexity index is 698. The molecule has 0 radical (unpaired) electrons. The van der Waals surface area contributed by atoms with Gasteiger partial charge in [-0.2, -0.15) is 0 Å². The number of carbonyl (C=O) groups excluding carboxylic acids is 1. The van der Waals surface area contributed by atoms with Crippen molar-refractivity contribution in [1.82, 2.24) is 4.98 Å². The number of rotatable bonds is 6. The molecule has 3 rings (SSSR count). The number of carbonyl (C=O) groups is 1. The Kier molecular flexibility index (Phi) is 5.74. The maximum absolute atomic E-state index is 12.7. The zero-order valence-electron chi connectivity index (χ0n) is 14.0. The van der Waals surface area contributed by atoms with Crippen LogP contribution < -0.4 is 4.90 Å². The molecule has 0 bridgehead atoms. The van der Waals surface area contributed by atoms with Crippen molar-refractivity contribution in [2.45, 2.75) is 37.5 Å². The molecule has 0 saturated carbocycles. The second kappa shape index (κ2) is 7.99. The van der Waals surface area contributed by atoms with Crippen LogP contribution >= 0.6 is 23.1 Å². The maximum atomic E-state index is 12.7. The van der Waals surface area contributed by atoms with Gasteiger partial charge in [0.15, 0.2) is 5.13 Å². The van der Waals surface area contributed by atoms with Gasteiger partial charge in [0, 0.05) is 16.3 Å². The third kappa shape index (κ3) is 4.08. The summed E-state index contributed by atoms with van der Waals surface area (Å²) in [7, 11) is 0. The van der Waals surface area contributed by atoms with Gasteiger partial charge in [0.1, 0.15) is 0 Å². The number of thioether (sulfide) groups is 1. The van der Waals surface area contributed by atoms with E-state index in [1.54, 1.807) is 34.1 Å². The van der Waals surface area contributed by atoms with E-state index in [9.17, 15) is 4.79 Å². The standard InChI is InChI=1S/C19H22N2OS2/c1-3-12-21(19-20-16-6-4-5-7-17(16)24-19)18(22)13-23-15-10-8-14(2)9-11-15/h3,8-11H,1,4-7,12-13H2,2H3. The van der Waals surface area contributed by atoms with Crippen LogP contribution in [0.3, 0.4) is 0 Å². The first-order valence-corrected chi connectivity index (χ1v) is 10.1. The van der Waals surface area contributed by atoms with E-state index in [0.717, 1.165) is 22.9 Å². The number of fused-ring (bicyclic) bond motifs is 1. The summed E-state index contributed by atoms with van der Waals surface area (Å²) in [6.07, 6.45) is 6.35. The van der Waals surface area contributed by atoms with Crippen molar-refractivity contribution in [3.8, 4) is 0 Å². The number of thiazole rings is 1. The molecular weight excluding hydrogens is 336 g/mol.